The van der Waals surface area contributed by atoms with Crippen LogP contribution < -0.4 is 0 Å². The summed E-state index contributed by atoms with van der Waals surface area (Å²) in [5.41, 5.74) is 2.79. The zero-order valence-corrected chi connectivity index (χ0v) is 9.21. The quantitative estimate of drug-likeness (QED) is 0.821. The fraction of sp³-hybridized carbons (Fsp3) is 0.462. The van der Waals surface area contributed by atoms with Gasteiger partial charge < -0.3 is 5.11 Å². The van der Waals surface area contributed by atoms with Crippen LogP contribution in [0.2, 0.25) is 0 Å². The molecule has 1 aromatic carbocycles. The summed E-state index contributed by atoms with van der Waals surface area (Å²) in [6, 6.07) is 6.18. The van der Waals surface area contributed by atoms with E-state index in [-0.39, 0.29) is 0 Å². The topological polar surface area (TPSA) is 37.3 Å². The van der Waals surface area contributed by atoms with Crippen LogP contribution in [0.4, 0.5) is 0 Å². The first-order valence-corrected chi connectivity index (χ1v) is 5.43. The molecule has 0 aliphatic heterocycles. The summed E-state index contributed by atoms with van der Waals surface area (Å²) in [7, 11) is 0. The third-order valence-corrected chi connectivity index (χ3v) is 3.39. The minimum absolute atomic E-state index is 0.560. The van der Waals surface area contributed by atoms with Gasteiger partial charge in [-0.05, 0) is 42.9 Å². The second-order valence-electron chi connectivity index (χ2n) is 4.39. The molecule has 1 N–H and O–H groups in total. The first kappa shape index (κ1) is 10.2. The molecule has 1 aliphatic rings. The van der Waals surface area contributed by atoms with Gasteiger partial charge in [0.05, 0.1) is 5.41 Å². The molecule has 80 valence electrons. The van der Waals surface area contributed by atoms with Crippen LogP contribution in [0.1, 0.15) is 36.5 Å². The van der Waals surface area contributed by atoms with Gasteiger partial charge in [0.15, 0.2) is 0 Å². The highest BCUT2D eigenvalue weighted by molar-refractivity contribution is 5.85. The Morgan fingerprint density at radius 2 is 2.13 bits per heavy atom. The molecule has 0 saturated heterocycles. The minimum atomic E-state index is -0.668. The standard InChI is InChI=1S/C13H16O2/c1-3-10-5-4-9(2)11(8-10)13(6-7-13)12(14)15/h4-5,8H,3,6-7H2,1-2H3,(H,14,15). The predicted molar refractivity (Wildman–Crippen MR) is 59.1 cm³/mol. The summed E-state index contributed by atoms with van der Waals surface area (Å²) >= 11 is 0. The summed E-state index contributed by atoms with van der Waals surface area (Å²) in [5, 5.41) is 9.25. The average Bonchev–Trinajstić information content (AvgIpc) is 2.99. The van der Waals surface area contributed by atoms with Gasteiger partial charge in [-0.3, -0.25) is 4.79 Å². The van der Waals surface area contributed by atoms with E-state index in [0.29, 0.717) is 0 Å². The fourth-order valence-corrected chi connectivity index (χ4v) is 2.13. The van der Waals surface area contributed by atoms with Gasteiger partial charge in [0.25, 0.3) is 0 Å². The Balaban J connectivity index is 2.47. The van der Waals surface area contributed by atoms with E-state index in [1.165, 1.54) is 5.56 Å². The van der Waals surface area contributed by atoms with Crippen LogP contribution in [0.25, 0.3) is 0 Å². The molecule has 2 rings (SSSR count). The van der Waals surface area contributed by atoms with E-state index in [1.807, 2.05) is 13.0 Å². The van der Waals surface area contributed by atoms with Crippen molar-refractivity contribution in [3.05, 3.63) is 34.9 Å². The lowest BCUT2D eigenvalue weighted by molar-refractivity contribution is -0.140. The van der Waals surface area contributed by atoms with Gasteiger partial charge in [-0.15, -0.1) is 0 Å². The molecular formula is C13H16O2. The summed E-state index contributed by atoms with van der Waals surface area (Å²) < 4.78 is 0. The van der Waals surface area contributed by atoms with Crippen LogP contribution in [-0.4, -0.2) is 11.1 Å². The molecule has 2 heteroatoms. The summed E-state index contributed by atoms with van der Waals surface area (Å²) in [6.07, 6.45) is 2.54. The van der Waals surface area contributed by atoms with E-state index in [4.69, 9.17) is 0 Å². The van der Waals surface area contributed by atoms with Crippen LogP contribution in [0.5, 0.6) is 0 Å². The van der Waals surface area contributed by atoms with Gasteiger partial charge >= 0.3 is 5.97 Å². The summed E-state index contributed by atoms with van der Waals surface area (Å²) in [4.78, 5) is 11.2. The van der Waals surface area contributed by atoms with Crippen LogP contribution in [0, 0.1) is 6.92 Å². The van der Waals surface area contributed by atoms with E-state index in [2.05, 4.69) is 19.1 Å². The highest BCUT2D eigenvalue weighted by atomic mass is 16.4. The number of rotatable bonds is 3. The van der Waals surface area contributed by atoms with Crippen LogP contribution in [0.15, 0.2) is 18.2 Å². The first-order valence-electron chi connectivity index (χ1n) is 5.43. The highest BCUT2D eigenvalue weighted by Gasteiger charge is 2.52. The van der Waals surface area contributed by atoms with Gasteiger partial charge in [0.1, 0.15) is 0 Å². The van der Waals surface area contributed by atoms with Crippen molar-refractivity contribution in [2.45, 2.75) is 38.5 Å². The van der Waals surface area contributed by atoms with Crippen molar-refractivity contribution in [3.8, 4) is 0 Å². The second-order valence-corrected chi connectivity index (χ2v) is 4.39. The van der Waals surface area contributed by atoms with Crippen molar-refractivity contribution in [2.75, 3.05) is 0 Å². The van der Waals surface area contributed by atoms with E-state index < -0.39 is 11.4 Å². The van der Waals surface area contributed by atoms with Gasteiger partial charge in [-0.25, -0.2) is 0 Å². The number of aryl methyl sites for hydroxylation is 2. The second kappa shape index (κ2) is 3.37. The highest BCUT2D eigenvalue weighted by Crippen LogP contribution is 2.49. The molecule has 1 aromatic rings. The molecule has 1 saturated carbocycles. The molecule has 0 amide bonds. The first-order chi connectivity index (χ1) is 7.10. The lowest BCUT2D eigenvalue weighted by Crippen LogP contribution is -2.20. The van der Waals surface area contributed by atoms with Gasteiger partial charge in [-0.1, -0.05) is 25.1 Å². The number of hydrogen-bond acceptors (Lipinski definition) is 1. The summed E-state index contributed by atoms with van der Waals surface area (Å²) in [5.74, 6) is -0.668. The smallest absolute Gasteiger partial charge is 0.314 e. The molecule has 0 aromatic heterocycles. The zero-order valence-electron chi connectivity index (χ0n) is 9.21. The predicted octanol–water partition coefficient (Wildman–Crippen LogP) is 2.67. The van der Waals surface area contributed by atoms with E-state index in [0.717, 1.165) is 30.4 Å². The molecule has 1 fully saturated rings. The van der Waals surface area contributed by atoms with Crippen molar-refractivity contribution in [3.63, 3.8) is 0 Å². The van der Waals surface area contributed by atoms with Gasteiger partial charge in [0.2, 0.25) is 0 Å². The maximum absolute atomic E-state index is 11.2. The number of carboxylic acids is 1. The zero-order chi connectivity index (χ0) is 11.1. The molecule has 0 bridgehead atoms. The molecule has 2 nitrogen and oxygen atoms in total. The lowest BCUT2D eigenvalue weighted by atomic mass is 9.90. The Morgan fingerprint density at radius 1 is 1.47 bits per heavy atom. The number of aliphatic carboxylic acids is 1. The third-order valence-electron chi connectivity index (χ3n) is 3.39. The maximum Gasteiger partial charge on any atom is 0.314 e. The van der Waals surface area contributed by atoms with Crippen molar-refractivity contribution >= 4 is 5.97 Å². The molecule has 0 spiro atoms. The fourth-order valence-electron chi connectivity index (χ4n) is 2.13. The van der Waals surface area contributed by atoms with E-state index in [9.17, 15) is 9.90 Å². The van der Waals surface area contributed by atoms with E-state index >= 15 is 0 Å². The number of benzene rings is 1. The number of carboxylic acid groups (broad SMARTS) is 1. The summed E-state index contributed by atoms with van der Waals surface area (Å²) in [6.45, 7) is 4.09. The monoisotopic (exact) mass is 204 g/mol. The SMILES string of the molecule is CCc1ccc(C)c(C2(C(=O)O)CC2)c1. The number of carbonyl (C=O) groups is 1. The average molecular weight is 204 g/mol. The third kappa shape index (κ3) is 1.54. The lowest BCUT2D eigenvalue weighted by Gasteiger charge is -2.14. The Bertz CT molecular complexity index is 403. The molecule has 0 heterocycles. The van der Waals surface area contributed by atoms with Gasteiger partial charge in [0, 0.05) is 0 Å². The molecular weight excluding hydrogens is 188 g/mol. The Kier molecular flexibility index (Phi) is 2.29. The van der Waals surface area contributed by atoms with Gasteiger partial charge in [-0.2, -0.15) is 0 Å². The molecule has 0 radical (unpaired) electrons. The van der Waals surface area contributed by atoms with Crippen molar-refractivity contribution in [1.82, 2.24) is 0 Å². The molecule has 0 atom stereocenters. The van der Waals surface area contributed by atoms with Crippen LogP contribution in [0.3, 0.4) is 0 Å². The Labute approximate surface area is 89.9 Å². The van der Waals surface area contributed by atoms with Crippen molar-refractivity contribution < 1.29 is 9.90 Å². The van der Waals surface area contributed by atoms with E-state index in [1.54, 1.807) is 0 Å². The Hall–Kier alpha value is -1.31. The molecule has 1 aliphatic carbocycles. The van der Waals surface area contributed by atoms with Crippen molar-refractivity contribution in [1.29, 1.82) is 0 Å². The molecule has 15 heavy (non-hydrogen) atoms. The van der Waals surface area contributed by atoms with Crippen LogP contribution in [-0.2, 0) is 16.6 Å². The molecule has 0 unspecified atom stereocenters. The maximum atomic E-state index is 11.2. The minimum Gasteiger partial charge on any atom is -0.481 e. The largest absolute Gasteiger partial charge is 0.481 e. The number of hydrogen-bond donors (Lipinski definition) is 1. The normalized spacial score (nSPS) is 17.5. The van der Waals surface area contributed by atoms with Crippen LogP contribution >= 0.6 is 0 Å². The Morgan fingerprint density at radius 3 is 2.60 bits per heavy atom. The van der Waals surface area contributed by atoms with Crippen molar-refractivity contribution in [2.24, 2.45) is 0 Å².